The van der Waals surface area contributed by atoms with Gasteiger partial charge in [0.05, 0.1) is 17.2 Å². The summed E-state index contributed by atoms with van der Waals surface area (Å²) in [7, 11) is 0. The SMILES string of the molecule is Cc1ccc(NC(=O)Cn2cnc3ccc(F)cc3c2=O)nc1. The third-order valence-corrected chi connectivity index (χ3v) is 3.28. The van der Waals surface area contributed by atoms with Crippen LogP contribution >= 0.6 is 0 Å². The number of carbonyl (C=O) groups is 1. The minimum atomic E-state index is -0.526. The van der Waals surface area contributed by atoms with Crippen LogP contribution in [0.3, 0.4) is 0 Å². The largest absolute Gasteiger partial charge is 0.309 e. The van der Waals surface area contributed by atoms with Gasteiger partial charge in [-0.1, -0.05) is 6.07 Å². The first-order valence-electron chi connectivity index (χ1n) is 6.90. The Labute approximate surface area is 130 Å². The van der Waals surface area contributed by atoms with Gasteiger partial charge in [0.1, 0.15) is 18.2 Å². The van der Waals surface area contributed by atoms with Crippen LogP contribution < -0.4 is 10.9 Å². The molecule has 3 aromatic rings. The number of fused-ring (bicyclic) bond motifs is 1. The van der Waals surface area contributed by atoms with Gasteiger partial charge in [-0.2, -0.15) is 0 Å². The van der Waals surface area contributed by atoms with Gasteiger partial charge in [-0.05, 0) is 36.8 Å². The fourth-order valence-corrected chi connectivity index (χ4v) is 2.12. The summed E-state index contributed by atoms with van der Waals surface area (Å²) in [5.41, 5.74) is 0.884. The van der Waals surface area contributed by atoms with E-state index < -0.39 is 17.3 Å². The van der Waals surface area contributed by atoms with Crippen LogP contribution in [0, 0.1) is 12.7 Å². The normalized spacial score (nSPS) is 10.7. The second kappa shape index (κ2) is 5.96. The maximum atomic E-state index is 13.3. The summed E-state index contributed by atoms with van der Waals surface area (Å²) in [6.07, 6.45) is 2.90. The topological polar surface area (TPSA) is 76.9 Å². The lowest BCUT2D eigenvalue weighted by atomic mass is 10.2. The standard InChI is InChI=1S/C16H13FN4O2/c1-10-2-5-14(18-7-10)20-15(22)8-21-9-19-13-4-3-11(17)6-12(13)16(21)23/h2-7,9H,8H2,1H3,(H,18,20,22). The summed E-state index contributed by atoms with van der Waals surface area (Å²) in [6.45, 7) is 1.66. The van der Waals surface area contributed by atoms with E-state index in [1.54, 1.807) is 12.3 Å². The van der Waals surface area contributed by atoms with E-state index in [-0.39, 0.29) is 11.9 Å². The Balaban J connectivity index is 1.83. The monoisotopic (exact) mass is 312 g/mol. The Morgan fingerprint density at radius 2 is 2.09 bits per heavy atom. The van der Waals surface area contributed by atoms with Crippen LogP contribution in [0.25, 0.3) is 10.9 Å². The predicted octanol–water partition coefficient (Wildman–Crippen LogP) is 1.88. The number of amides is 1. The molecule has 0 fully saturated rings. The molecule has 0 saturated carbocycles. The van der Waals surface area contributed by atoms with E-state index in [9.17, 15) is 14.0 Å². The lowest BCUT2D eigenvalue weighted by Crippen LogP contribution is -2.28. The van der Waals surface area contributed by atoms with Crippen molar-refractivity contribution in [3.63, 3.8) is 0 Å². The number of aromatic nitrogens is 3. The van der Waals surface area contributed by atoms with Gasteiger partial charge >= 0.3 is 0 Å². The highest BCUT2D eigenvalue weighted by molar-refractivity contribution is 5.89. The van der Waals surface area contributed by atoms with Crippen molar-refractivity contribution in [1.82, 2.24) is 14.5 Å². The van der Waals surface area contributed by atoms with Crippen LogP contribution in [-0.2, 0) is 11.3 Å². The van der Waals surface area contributed by atoms with Crippen molar-refractivity contribution < 1.29 is 9.18 Å². The van der Waals surface area contributed by atoms with Crippen molar-refractivity contribution in [2.75, 3.05) is 5.32 Å². The minimum Gasteiger partial charge on any atom is -0.309 e. The molecule has 0 bridgehead atoms. The second-order valence-corrected chi connectivity index (χ2v) is 5.11. The summed E-state index contributed by atoms with van der Waals surface area (Å²) in [4.78, 5) is 32.4. The maximum Gasteiger partial charge on any atom is 0.261 e. The van der Waals surface area contributed by atoms with Crippen LogP contribution in [0.5, 0.6) is 0 Å². The van der Waals surface area contributed by atoms with Crippen molar-refractivity contribution >= 4 is 22.6 Å². The van der Waals surface area contributed by atoms with Crippen LogP contribution in [0.2, 0.25) is 0 Å². The number of anilines is 1. The van der Waals surface area contributed by atoms with E-state index in [1.165, 1.54) is 18.5 Å². The molecule has 1 aromatic carbocycles. The number of rotatable bonds is 3. The first-order chi connectivity index (χ1) is 11.0. The molecule has 0 aliphatic rings. The molecule has 0 radical (unpaired) electrons. The Hall–Kier alpha value is -3.09. The lowest BCUT2D eigenvalue weighted by Gasteiger charge is -2.07. The molecule has 1 N–H and O–H groups in total. The van der Waals surface area contributed by atoms with Crippen molar-refractivity contribution in [2.45, 2.75) is 13.5 Å². The van der Waals surface area contributed by atoms with Gasteiger partial charge in [-0.3, -0.25) is 14.2 Å². The van der Waals surface area contributed by atoms with Crippen molar-refractivity contribution in [3.8, 4) is 0 Å². The first-order valence-corrected chi connectivity index (χ1v) is 6.90. The maximum absolute atomic E-state index is 13.3. The molecule has 2 heterocycles. The Bertz CT molecular complexity index is 935. The highest BCUT2D eigenvalue weighted by Crippen LogP contribution is 2.08. The smallest absolute Gasteiger partial charge is 0.261 e. The molecule has 0 saturated heterocycles. The fraction of sp³-hybridized carbons (Fsp3) is 0.125. The third-order valence-electron chi connectivity index (χ3n) is 3.28. The number of benzene rings is 1. The summed E-state index contributed by atoms with van der Waals surface area (Å²) in [6, 6.07) is 7.25. The van der Waals surface area contributed by atoms with Gasteiger partial charge < -0.3 is 5.32 Å². The highest BCUT2D eigenvalue weighted by Gasteiger charge is 2.09. The number of halogens is 1. The van der Waals surface area contributed by atoms with Gasteiger partial charge in [-0.25, -0.2) is 14.4 Å². The second-order valence-electron chi connectivity index (χ2n) is 5.11. The van der Waals surface area contributed by atoms with Crippen molar-refractivity contribution in [2.24, 2.45) is 0 Å². The minimum absolute atomic E-state index is 0.133. The summed E-state index contributed by atoms with van der Waals surface area (Å²) >= 11 is 0. The zero-order chi connectivity index (χ0) is 16.4. The van der Waals surface area contributed by atoms with E-state index in [0.29, 0.717) is 11.3 Å². The molecule has 0 spiro atoms. The zero-order valence-electron chi connectivity index (χ0n) is 12.3. The summed E-state index contributed by atoms with van der Waals surface area (Å²) in [5, 5.41) is 2.73. The molecular weight excluding hydrogens is 299 g/mol. The van der Waals surface area contributed by atoms with E-state index in [0.717, 1.165) is 16.2 Å². The number of nitrogens with zero attached hydrogens (tertiary/aromatic N) is 3. The molecule has 2 aromatic heterocycles. The van der Waals surface area contributed by atoms with Gasteiger partial charge in [0.15, 0.2) is 0 Å². The number of hydrogen-bond donors (Lipinski definition) is 1. The summed E-state index contributed by atoms with van der Waals surface area (Å²) in [5.74, 6) is -0.545. The molecule has 0 aliphatic heterocycles. The van der Waals surface area contributed by atoms with Crippen LogP contribution in [-0.4, -0.2) is 20.4 Å². The van der Waals surface area contributed by atoms with E-state index in [4.69, 9.17) is 0 Å². The molecule has 6 nitrogen and oxygen atoms in total. The summed E-state index contributed by atoms with van der Waals surface area (Å²) < 4.78 is 14.4. The highest BCUT2D eigenvalue weighted by atomic mass is 19.1. The number of aryl methyl sites for hydroxylation is 1. The average Bonchev–Trinajstić information content (AvgIpc) is 2.53. The van der Waals surface area contributed by atoms with Crippen LogP contribution in [0.15, 0.2) is 47.7 Å². The molecule has 23 heavy (non-hydrogen) atoms. The Kier molecular flexibility index (Phi) is 3.84. The van der Waals surface area contributed by atoms with Crippen molar-refractivity contribution in [3.05, 3.63) is 64.6 Å². The Morgan fingerprint density at radius 1 is 1.26 bits per heavy atom. The molecule has 3 rings (SSSR count). The first kappa shape index (κ1) is 14.8. The number of hydrogen-bond acceptors (Lipinski definition) is 4. The zero-order valence-corrected chi connectivity index (χ0v) is 12.3. The van der Waals surface area contributed by atoms with Gasteiger partial charge in [0.2, 0.25) is 5.91 Å². The quantitative estimate of drug-likeness (QED) is 0.801. The van der Waals surface area contributed by atoms with Crippen molar-refractivity contribution in [1.29, 1.82) is 0 Å². The molecule has 7 heteroatoms. The molecular formula is C16H13FN4O2. The molecule has 0 atom stereocenters. The lowest BCUT2D eigenvalue weighted by molar-refractivity contribution is -0.116. The van der Waals surface area contributed by atoms with E-state index in [2.05, 4.69) is 15.3 Å². The fourth-order valence-electron chi connectivity index (χ4n) is 2.12. The Morgan fingerprint density at radius 3 is 2.83 bits per heavy atom. The van der Waals surface area contributed by atoms with Gasteiger partial charge in [-0.15, -0.1) is 0 Å². The van der Waals surface area contributed by atoms with E-state index in [1.807, 2.05) is 13.0 Å². The molecule has 1 amide bonds. The number of carbonyl (C=O) groups excluding carboxylic acids is 1. The van der Waals surface area contributed by atoms with Crippen LogP contribution in [0.1, 0.15) is 5.56 Å². The van der Waals surface area contributed by atoms with Gasteiger partial charge in [0, 0.05) is 6.20 Å². The number of nitrogens with one attached hydrogen (secondary N) is 1. The van der Waals surface area contributed by atoms with E-state index >= 15 is 0 Å². The molecule has 0 unspecified atom stereocenters. The number of pyridine rings is 1. The third kappa shape index (κ3) is 3.23. The predicted molar refractivity (Wildman–Crippen MR) is 83.6 cm³/mol. The average molecular weight is 312 g/mol. The molecule has 0 aliphatic carbocycles. The van der Waals surface area contributed by atoms with Crippen LogP contribution in [0.4, 0.5) is 10.2 Å². The van der Waals surface area contributed by atoms with Gasteiger partial charge in [0.25, 0.3) is 5.56 Å². The molecule has 116 valence electrons.